The van der Waals surface area contributed by atoms with Crippen molar-refractivity contribution < 1.29 is 28.9 Å². The van der Waals surface area contributed by atoms with Crippen LogP contribution in [0.25, 0.3) is 0 Å². The maximum Gasteiger partial charge on any atom is 0.329 e. The minimum absolute atomic E-state index is 0.00180. The highest BCUT2D eigenvalue weighted by Gasteiger charge is 2.26. The van der Waals surface area contributed by atoms with Gasteiger partial charge in [-0.25, -0.2) is 9.97 Å². The molecule has 2 aromatic rings. The summed E-state index contributed by atoms with van der Waals surface area (Å²) < 4.78 is 9.54. The molecule has 0 saturated carbocycles. The van der Waals surface area contributed by atoms with E-state index in [0.29, 0.717) is 19.2 Å². The minimum atomic E-state index is -0.682. The van der Waals surface area contributed by atoms with Crippen LogP contribution in [0.2, 0.25) is 15.7 Å². The molecule has 41 heavy (non-hydrogen) atoms. The summed E-state index contributed by atoms with van der Waals surface area (Å²) in [6, 6.07) is 0.133. The minimum Gasteiger partial charge on any atom is -0.465 e. The third-order valence-corrected chi connectivity index (χ3v) is 4.91. The van der Waals surface area contributed by atoms with Crippen molar-refractivity contribution in [1.82, 2.24) is 25.3 Å². The molecule has 0 bridgehead atoms. The van der Waals surface area contributed by atoms with Gasteiger partial charge in [-0.1, -0.05) is 25.4 Å². The average Bonchev–Trinajstić information content (AvgIpc) is 2.86. The Kier molecular flexibility index (Phi) is 17.9. The number of carbonyl (C=O) groups is 2. The third-order valence-electron chi connectivity index (χ3n) is 4.27. The maximum atomic E-state index is 11.6. The van der Waals surface area contributed by atoms with Crippen molar-refractivity contribution >= 4 is 63.9 Å². The molecule has 228 valence electrons. The zero-order chi connectivity index (χ0) is 31.7. The van der Waals surface area contributed by atoms with Gasteiger partial charge in [0.15, 0.2) is 0 Å². The highest BCUT2D eigenvalue weighted by molar-refractivity contribution is 6.33. The molecule has 0 atom stereocenters. The topological polar surface area (TPSA) is 206 Å². The van der Waals surface area contributed by atoms with Gasteiger partial charge in [-0.15, -0.1) is 0 Å². The fourth-order valence-electron chi connectivity index (χ4n) is 2.49. The molecule has 0 spiro atoms. The molecule has 0 amide bonds. The molecule has 1 N–H and O–H groups in total. The van der Waals surface area contributed by atoms with E-state index in [1.807, 2.05) is 13.8 Å². The number of hydrogen-bond acceptors (Lipinski definition) is 14. The molecule has 2 rings (SSSR count). The zero-order valence-corrected chi connectivity index (χ0v) is 25.4. The number of nitrogens with one attached hydrogen (secondary N) is 1. The van der Waals surface area contributed by atoms with Gasteiger partial charge in [-0.05, 0) is 50.9 Å². The second-order valence-corrected chi connectivity index (χ2v) is 9.08. The predicted octanol–water partition coefficient (Wildman–Crippen LogP) is 4.06. The Morgan fingerprint density at radius 1 is 0.902 bits per heavy atom. The van der Waals surface area contributed by atoms with Gasteiger partial charge in [0.1, 0.15) is 18.9 Å². The number of esters is 2. The van der Waals surface area contributed by atoms with Gasteiger partial charge in [-0.2, -0.15) is 9.97 Å². The lowest BCUT2D eigenvalue weighted by atomic mass is 10.3. The average molecular weight is 642 g/mol. The van der Waals surface area contributed by atoms with E-state index in [1.54, 1.807) is 27.7 Å². The number of carbonyl (C=O) groups excluding carboxylic acids is 2. The number of anilines is 1. The monoisotopic (exact) mass is 640 g/mol. The Morgan fingerprint density at radius 2 is 1.39 bits per heavy atom. The second kappa shape index (κ2) is 19.6. The Morgan fingerprint density at radius 3 is 1.83 bits per heavy atom. The van der Waals surface area contributed by atoms with Gasteiger partial charge in [0.25, 0.3) is 0 Å². The first-order valence-corrected chi connectivity index (χ1v) is 13.1. The number of hydrogen-bond donors (Lipinski definition) is 1. The molecule has 0 unspecified atom stereocenters. The molecular weight excluding hydrogens is 611 g/mol. The van der Waals surface area contributed by atoms with E-state index in [-0.39, 0.29) is 58.1 Å². The van der Waals surface area contributed by atoms with Crippen LogP contribution in [0.3, 0.4) is 0 Å². The lowest BCUT2D eigenvalue weighted by molar-refractivity contribution is -0.385. The van der Waals surface area contributed by atoms with Crippen LogP contribution in [0, 0.1) is 20.2 Å². The second-order valence-electron chi connectivity index (χ2n) is 8.04. The summed E-state index contributed by atoms with van der Waals surface area (Å²) >= 11 is 16.3. The van der Waals surface area contributed by atoms with E-state index in [1.165, 1.54) is 4.90 Å². The molecule has 0 radical (unpaired) electrons. The van der Waals surface area contributed by atoms with Crippen molar-refractivity contribution in [2.24, 2.45) is 0 Å². The standard InChI is InChI=1S/C11H15ClN4O4.C7H15NO2.C4HCl2N3O2/c1-4-20-9(17)6-15(7(2)3)10-8(16(18)19)5-13-11(12)14-10;1-4-10-7(9)5-8-6(2)3;5-3-2(9(10)11)1-7-4(6)8-3/h5,7H,4,6H2,1-3H3;6,8H,4-5H2,1-3H3;1H. The number of rotatable bonds is 11. The number of ether oxygens (including phenoxy) is 2. The molecule has 0 fully saturated rings. The molecule has 0 aliphatic rings. The molecule has 2 heterocycles. The van der Waals surface area contributed by atoms with E-state index in [0.717, 1.165) is 12.4 Å². The molecule has 0 saturated heterocycles. The number of aromatic nitrogens is 4. The van der Waals surface area contributed by atoms with Crippen LogP contribution >= 0.6 is 34.8 Å². The SMILES string of the molecule is CCOC(=O)CN(c1nc(Cl)ncc1[N+](=O)[O-])C(C)C.CCOC(=O)CNC(C)C.O=[N+]([O-])c1cnc(Cl)nc1Cl. The van der Waals surface area contributed by atoms with Crippen molar-refractivity contribution in [3.05, 3.63) is 48.3 Å². The summed E-state index contributed by atoms with van der Waals surface area (Å²) in [5, 5.41) is 23.6. The molecular formula is C22H31Cl3N8O8. The Bertz CT molecular complexity index is 1170. The number of nitrogens with zero attached hydrogens (tertiary/aromatic N) is 7. The van der Waals surface area contributed by atoms with Gasteiger partial charge in [0, 0.05) is 12.1 Å². The Hall–Kier alpha value is -3.47. The van der Waals surface area contributed by atoms with E-state index in [4.69, 9.17) is 44.3 Å². The van der Waals surface area contributed by atoms with Crippen LogP contribution < -0.4 is 10.2 Å². The summed E-state index contributed by atoms with van der Waals surface area (Å²) in [6.07, 6.45) is 1.98. The van der Waals surface area contributed by atoms with Crippen molar-refractivity contribution in [3.8, 4) is 0 Å². The predicted molar refractivity (Wildman–Crippen MR) is 151 cm³/mol. The van der Waals surface area contributed by atoms with E-state index in [2.05, 4.69) is 25.3 Å². The van der Waals surface area contributed by atoms with Crippen molar-refractivity contribution in [1.29, 1.82) is 0 Å². The van der Waals surface area contributed by atoms with Gasteiger partial charge in [0.05, 0.1) is 29.6 Å². The highest BCUT2D eigenvalue weighted by Crippen LogP contribution is 2.27. The third kappa shape index (κ3) is 15.2. The van der Waals surface area contributed by atoms with Crippen LogP contribution in [-0.2, 0) is 19.1 Å². The van der Waals surface area contributed by atoms with Crippen molar-refractivity contribution in [2.45, 2.75) is 53.6 Å². The first-order valence-electron chi connectivity index (χ1n) is 11.9. The molecule has 0 aliphatic heterocycles. The first-order chi connectivity index (χ1) is 19.1. The molecule has 0 aliphatic carbocycles. The highest BCUT2D eigenvalue weighted by atomic mass is 35.5. The van der Waals surface area contributed by atoms with Gasteiger partial charge < -0.3 is 19.7 Å². The van der Waals surface area contributed by atoms with Crippen molar-refractivity contribution in [2.75, 3.05) is 31.2 Å². The summed E-state index contributed by atoms with van der Waals surface area (Å²) in [6.45, 7) is 11.9. The van der Waals surface area contributed by atoms with Crippen LogP contribution in [0.1, 0.15) is 41.5 Å². The summed E-state index contributed by atoms with van der Waals surface area (Å²) in [5.41, 5.74) is -0.663. The fraction of sp³-hybridized carbons (Fsp3) is 0.545. The van der Waals surface area contributed by atoms with E-state index in [9.17, 15) is 29.8 Å². The van der Waals surface area contributed by atoms with Crippen LogP contribution in [0.4, 0.5) is 17.2 Å². The van der Waals surface area contributed by atoms with Gasteiger partial charge in [-0.3, -0.25) is 29.8 Å². The molecule has 16 nitrogen and oxygen atoms in total. The maximum absolute atomic E-state index is 11.6. The quantitative estimate of drug-likeness (QED) is 0.121. The number of nitro groups is 2. The molecule has 0 aromatic carbocycles. The lowest BCUT2D eigenvalue weighted by Gasteiger charge is -2.26. The summed E-state index contributed by atoms with van der Waals surface area (Å²) in [7, 11) is 0. The Balaban J connectivity index is 0.000000644. The van der Waals surface area contributed by atoms with Crippen LogP contribution in [0.5, 0.6) is 0 Å². The number of halogens is 3. The largest absolute Gasteiger partial charge is 0.465 e. The molecule has 19 heteroatoms. The summed E-state index contributed by atoms with van der Waals surface area (Å²) in [5.74, 6) is -0.681. The van der Waals surface area contributed by atoms with E-state index >= 15 is 0 Å². The fourth-order valence-corrected chi connectivity index (χ4v) is 2.99. The smallest absolute Gasteiger partial charge is 0.329 e. The first kappa shape index (κ1) is 37.5. The van der Waals surface area contributed by atoms with Crippen LogP contribution in [0.15, 0.2) is 12.4 Å². The van der Waals surface area contributed by atoms with Crippen molar-refractivity contribution in [3.63, 3.8) is 0 Å². The van der Waals surface area contributed by atoms with E-state index < -0.39 is 15.8 Å². The summed E-state index contributed by atoms with van der Waals surface area (Å²) in [4.78, 5) is 57.7. The van der Waals surface area contributed by atoms with Gasteiger partial charge >= 0.3 is 23.3 Å². The van der Waals surface area contributed by atoms with Gasteiger partial charge in [0.2, 0.25) is 21.5 Å². The molecule has 2 aromatic heterocycles. The van der Waals surface area contributed by atoms with Crippen LogP contribution in [-0.4, -0.2) is 80.1 Å². The normalized spacial score (nSPS) is 10.1. The zero-order valence-electron chi connectivity index (χ0n) is 23.2. The lowest BCUT2D eigenvalue weighted by Crippen LogP contribution is -2.37. The Labute approximate surface area is 251 Å².